The molecule has 0 saturated heterocycles. The van der Waals surface area contributed by atoms with Gasteiger partial charge in [0.05, 0.1) is 29.0 Å². The van der Waals surface area contributed by atoms with Crippen molar-refractivity contribution in [2.24, 2.45) is 0 Å². The number of carbonyl (C=O) groups excluding carboxylic acids is 2. The first-order valence-electron chi connectivity index (χ1n) is 17.0. The van der Waals surface area contributed by atoms with Gasteiger partial charge in [0.25, 0.3) is 5.56 Å². The van der Waals surface area contributed by atoms with Crippen molar-refractivity contribution in [1.82, 2.24) is 9.55 Å². The van der Waals surface area contributed by atoms with Gasteiger partial charge in [-0.2, -0.15) is 0 Å². The van der Waals surface area contributed by atoms with Gasteiger partial charge in [-0.05, 0) is 58.1 Å². The standard InChI is InChI=1S/C40H39BrN2O6Si/c1-6-28-29-20-25(49-50(39(3,4)5,26-14-10-8-11-15-26)27-16-12-9-13-17-27)18-19-33(29)42-36-30(28)23-43-34(36)21-32-31(37(43)45)24-47-38(46)40(32,7-2)48-35(44)22-41/h8-21H,6-7,22-24H2,1-5H3. The summed E-state index contributed by atoms with van der Waals surface area (Å²) in [5, 5.41) is 3.04. The van der Waals surface area contributed by atoms with E-state index in [0.717, 1.165) is 27.8 Å². The van der Waals surface area contributed by atoms with Crippen LogP contribution in [0.5, 0.6) is 5.75 Å². The number of benzene rings is 3. The summed E-state index contributed by atoms with van der Waals surface area (Å²) in [5.74, 6) is -0.534. The molecule has 2 aliphatic heterocycles. The Balaban J connectivity index is 1.39. The van der Waals surface area contributed by atoms with E-state index in [4.69, 9.17) is 18.9 Å². The number of aromatic nitrogens is 2. The van der Waals surface area contributed by atoms with Crippen LogP contribution in [0.1, 0.15) is 63.3 Å². The van der Waals surface area contributed by atoms with Crippen molar-refractivity contribution in [2.45, 2.75) is 71.3 Å². The molecule has 4 heterocycles. The highest BCUT2D eigenvalue weighted by atomic mass is 79.9. The average Bonchev–Trinajstić information content (AvgIpc) is 3.49. The van der Waals surface area contributed by atoms with Crippen molar-refractivity contribution < 1.29 is 23.5 Å². The molecule has 0 radical (unpaired) electrons. The fourth-order valence-electron chi connectivity index (χ4n) is 7.81. The maximum absolute atomic E-state index is 14.1. The fraction of sp³-hybridized carbons (Fsp3) is 0.300. The zero-order chi connectivity index (χ0) is 35.4. The van der Waals surface area contributed by atoms with Gasteiger partial charge in [-0.1, -0.05) is 111 Å². The van der Waals surface area contributed by atoms with Crippen LogP contribution in [-0.4, -0.2) is 35.1 Å². The van der Waals surface area contributed by atoms with Gasteiger partial charge < -0.3 is 18.5 Å². The number of pyridine rings is 2. The minimum atomic E-state index is -2.88. The first-order chi connectivity index (χ1) is 24.0. The summed E-state index contributed by atoms with van der Waals surface area (Å²) in [7, 11) is -2.88. The molecule has 1 atom stereocenters. The molecule has 0 spiro atoms. The highest BCUT2D eigenvalue weighted by molar-refractivity contribution is 9.09. The summed E-state index contributed by atoms with van der Waals surface area (Å²) in [4.78, 5) is 44.9. The number of carbonyl (C=O) groups is 2. The van der Waals surface area contributed by atoms with Gasteiger partial charge in [0.15, 0.2) is 0 Å². The molecule has 0 fully saturated rings. The Bertz CT molecular complexity index is 2170. The van der Waals surface area contributed by atoms with E-state index in [-0.39, 0.29) is 29.0 Å². The maximum atomic E-state index is 14.1. The molecule has 8 nitrogen and oxygen atoms in total. The molecule has 0 N–H and O–H groups in total. The number of alkyl halides is 1. The van der Waals surface area contributed by atoms with Gasteiger partial charge in [-0.3, -0.25) is 9.59 Å². The number of hydrogen-bond donors (Lipinski definition) is 0. The van der Waals surface area contributed by atoms with Crippen molar-refractivity contribution >= 4 is 57.5 Å². The third-order valence-electron chi connectivity index (χ3n) is 10.2. The predicted octanol–water partition coefficient (Wildman–Crippen LogP) is 6.53. The predicted molar refractivity (Wildman–Crippen MR) is 200 cm³/mol. The van der Waals surface area contributed by atoms with Gasteiger partial charge in [0, 0.05) is 16.5 Å². The van der Waals surface area contributed by atoms with E-state index in [1.54, 1.807) is 17.6 Å². The molecular formula is C40H39BrN2O6Si. The minimum Gasteiger partial charge on any atom is -0.534 e. The first kappa shape index (κ1) is 33.9. The van der Waals surface area contributed by atoms with E-state index in [1.807, 2.05) is 24.3 Å². The fourth-order valence-corrected chi connectivity index (χ4v) is 12.3. The molecule has 3 aromatic carbocycles. The van der Waals surface area contributed by atoms with Crippen LogP contribution in [0.2, 0.25) is 5.04 Å². The highest BCUT2D eigenvalue weighted by Gasteiger charge is 2.53. The SMILES string of the molecule is CCc1c2c(nc3ccc(O[Si](c4ccccc4)(c4ccccc4)C(C)(C)C)cc13)-c1cc3c(c(=O)n1C2)COC(=O)C3(CC)OC(=O)CBr. The van der Waals surface area contributed by atoms with E-state index in [1.165, 1.54) is 10.4 Å². The molecule has 0 aliphatic carbocycles. The van der Waals surface area contributed by atoms with Crippen molar-refractivity contribution in [3.63, 3.8) is 0 Å². The zero-order valence-electron chi connectivity index (χ0n) is 28.8. The smallest absolute Gasteiger partial charge is 0.355 e. The van der Waals surface area contributed by atoms with Crippen LogP contribution >= 0.6 is 15.9 Å². The Labute approximate surface area is 300 Å². The van der Waals surface area contributed by atoms with Crippen molar-refractivity contribution in [3.8, 4) is 17.1 Å². The molecule has 1 unspecified atom stereocenters. The van der Waals surface area contributed by atoms with Gasteiger partial charge >= 0.3 is 20.3 Å². The van der Waals surface area contributed by atoms with E-state index in [9.17, 15) is 14.4 Å². The van der Waals surface area contributed by atoms with Crippen LogP contribution in [0.25, 0.3) is 22.3 Å². The van der Waals surface area contributed by atoms with Crippen molar-refractivity contribution in [2.75, 3.05) is 5.33 Å². The molecule has 10 heteroatoms. The third kappa shape index (κ3) is 5.14. The summed E-state index contributed by atoms with van der Waals surface area (Å²) in [6.07, 6.45) is 0.822. The van der Waals surface area contributed by atoms with Gasteiger partial charge in [0.2, 0.25) is 5.60 Å². The second-order valence-electron chi connectivity index (χ2n) is 13.9. The van der Waals surface area contributed by atoms with Crippen molar-refractivity contribution in [3.05, 3.63) is 118 Å². The number of halogens is 1. The molecule has 2 aliphatic rings. The molecule has 7 rings (SSSR count). The minimum absolute atomic E-state index is 0.0979. The number of nitrogens with zero attached hydrogens (tertiary/aromatic N) is 2. The zero-order valence-corrected chi connectivity index (χ0v) is 31.4. The van der Waals surface area contributed by atoms with Crippen LogP contribution < -0.4 is 20.4 Å². The molecule has 0 bridgehead atoms. The van der Waals surface area contributed by atoms with Crippen LogP contribution in [0.15, 0.2) is 89.7 Å². The van der Waals surface area contributed by atoms with Crippen LogP contribution in [0, 0.1) is 0 Å². The lowest BCUT2D eigenvalue weighted by atomic mass is 9.85. The number of aryl methyl sites for hydroxylation is 1. The average molecular weight is 752 g/mol. The Kier molecular flexibility index (Phi) is 8.59. The largest absolute Gasteiger partial charge is 0.534 e. The quantitative estimate of drug-likeness (QED) is 0.0993. The van der Waals surface area contributed by atoms with Gasteiger partial charge in [0.1, 0.15) is 17.7 Å². The summed E-state index contributed by atoms with van der Waals surface area (Å²) in [6.45, 7) is 10.8. The molecule has 2 aromatic heterocycles. The lowest BCUT2D eigenvalue weighted by Crippen LogP contribution is -2.68. The van der Waals surface area contributed by atoms with Crippen LogP contribution in [0.3, 0.4) is 0 Å². The van der Waals surface area contributed by atoms with E-state index >= 15 is 0 Å². The highest BCUT2D eigenvalue weighted by Crippen LogP contribution is 2.43. The number of cyclic esters (lactones) is 1. The second kappa shape index (κ2) is 12.7. The molecular weight excluding hydrogens is 712 g/mol. The third-order valence-corrected chi connectivity index (χ3v) is 15.6. The topological polar surface area (TPSA) is 96.7 Å². The van der Waals surface area contributed by atoms with E-state index in [0.29, 0.717) is 35.5 Å². The maximum Gasteiger partial charge on any atom is 0.355 e. The number of rotatable bonds is 8. The number of ether oxygens (including phenoxy) is 2. The van der Waals surface area contributed by atoms with Crippen LogP contribution in [-0.2, 0) is 44.2 Å². The summed E-state index contributed by atoms with van der Waals surface area (Å²) in [6, 6.07) is 29.0. The summed E-state index contributed by atoms with van der Waals surface area (Å²) in [5.41, 5.74) is 2.78. The molecule has 50 heavy (non-hydrogen) atoms. The Hall–Kier alpha value is -4.54. The first-order valence-corrected chi connectivity index (χ1v) is 20.0. The Morgan fingerprint density at radius 2 is 1.62 bits per heavy atom. The lowest BCUT2D eigenvalue weighted by Gasteiger charge is -2.43. The van der Waals surface area contributed by atoms with Gasteiger partial charge in [-0.25, -0.2) is 9.78 Å². The van der Waals surface area contributed by atoms with Crippen LogP contribution in [0.4, 0.5) is 0 Å². The number of esters is 2. The molecule has 5 aromatic rings. The lowest BCUT2D eigenvalue weighted by molar-refractivity contribution is -0.187. The molecule has 0 saturated carbocycles. The summed E-state index contributed by atoms with van der Waals surface area (Å²) >= 11 is 3.12. The Morgan fingerprint density at radius 1 is 0.960 bits per heavy atom. The molecule has 256 valence electrons. The van der Waals surface area contributed by atoms with E-state index in [2.05, 4.69) is 98.2 Å². The molecule has 0 amide bonds. The second-order valence-corrected chi connectivity index (χ2v) is 18.7. The number of fused-ring (bicyclic) bond motifs is 5. The normalized spacial score (nSPS) is 16.7. The summed E-state index contributed by atoms with van der Waals surface area (Å²) < 4.78 is 20.2. The van der Waals surface area contributed by atoms with Crippen molar-refractivity contribution in [1.29, 1.82) is 0 Å². The van der Waals surface area contributed by atoms with E-state index < -0.39 is 25.9 Å². The monoisotopic (exact) mass is 750 g/mol. The number of hydrogen-bond acceptors (Lipinski definition) is 7. The van der Waals surface area contributed by atoms with Gasteiger partial charge in [-0.15, -0.1) is 0 Å². The Morgan fingerprint density at radius 3 is 2.20 bits per heavy atom.